The van der Waals surface area contributed by atoms with Crippen molar-refractivity contribution in [3.63, 3.8) is 0 Å². The lowest BCUT2D eigenvalue weighted by molar-refractivity contribution is 0.0960. The van der Waals surface area contributed by atoms with Crippen LogP contribution in [0.25, 0.3) is 0 Å². The van der Waals surface area contributed by atoms with Crippen LogP contribution < -0.4 is 10.1 Å². The number of halogens is 1. The van der Waals surface area contributed by atoms with E-state index in [9.17, 15) is 9.18 Å². The van der Waals surface area contributed by atoms with E-state index in [2.05, 4.69) is 33.6 Å². The monoisotopic (exact) mass is 353 g/mol. The molecule has 0 saturated carbocycles. The minimum Gasteiger partial charge on any atom is -0.456 e. The highest BCUT2D eigenvalue weighted by molar-refractivity contribution is 5.94. The quantitative estimate of drug-likeness (QED) is 0.633. The molecule has 0 aliphatic carbocycles. The normalized spacial score (nSPS) is 10.6. The number of hydrogen-bond acceptors (Lipinski definition) is 6. The van der Waals surface area contributed by atoms with E-state index in [1.54, 1.807) is 13.0 Å². The number of carbonyl (C=O) groups is 1. The molecule has 0 aromatic carbocycles. The van der Waals surface area contributed by atoms with Crippen molar-refractivity contribution in [2.75, 3.05) is 0 Å². The fraction of sp³-hybridized carbons (Fsp3) is 0.0556. The van der Waals surface area contributed by atoms with E-state index < -0.39 is 11.7 Å². The zero-order valence-corrected chi connectivity index (χ0v) is 13.9. The predicted octanol–water partition coefficient (Wildman–Crippen LogP) is 3.45. The van der Waals surface area contributed by atoms with Crippen LogP contribution in [0.2, 0.25) is 0 Å². The summed E-state index contributed by atoms with van der Waals surface area (Å²) in [5.74, 6) is -0.838. The molecule has 0 spiro atoms. The second-order valence-corrected chi connectivity index (χ2v) is 5.04. The average Bonchev–Trinajstić information content (AvgIpc) is 2.60. The van der Waals surface area contributed by atoms with Crippen LogP contribution in [0.1, 0.15) is 23.2 Å². The van der Waals surface area contributed by atoms with Crippen molar-refractivity contribution in [2.24, 2.45) is 4.99 Å². The summed E-state index contributed by atoms with van der Waals surface area (Å²) in [7, 11) is 0. The lowest BCUT2D eigenvalue weighted by Crippen LogP contribution is -2.23. The Morgan fingerprint density at radius 3 is 2.85 bits per heavy atom. The standard InChI is InChI=1S/C18H14FN5O2.H2/c1-11(19)4-17(21-3)24-18(25)16-7-14(5-12(2)23-16)26-15-6-13(8-20)9-22-10-15;/h4-7,9-10H,1,3H2,2H3,(H,24,25);1H/b17-4+;. The Morgan fingerprint density at radius 2 is 2.19 bits per heavy atom. The van der Waals surface area contributed by atoms with E-state index in [0.29, 0.717) is 22.8 Å². The molecule has 0 aliphatic rings. The molecule has 2 heterocycles. The molecule has 0 bridgehead atoms. The van der Waals surface area contributed by atoms with Gasteiger partial charge in [-0.2, -0.15) is 5.26 Å². The van der Waals surface area contributed by atoms with Crippen LogP contribution in [0.3, 0.4) is 0 Å². The number of aromatic nitrogens is 2. The van der Waals surface area contributed by atoms with Gasteiger partial charge in [0.25, 0.3) is 5.91 Å². The molecule has 1 amide bonds. The van der Waals surface area contributed by atoms with Gasteiger partial charge in [-0.3, -0.25) is 9.78 Å². The van der Waals surface area contributed by atoms with Crippen molar-refractivity contribution in [1.82, 2.24) is 15.3 Å². The summed E-state index contributed by atoms with van der Waals surface area (Å²) in [4.78, 5) is 23.8. The molecule has 0 saturated heterocycles. The number of allylic oxidation sites excluding steroid dienone is 2. The summed E-state index contributed by atoms with van der Waals surface area (Å²) in [5, 5.41) is 11.3. The number of ether oxygens (including phenoxy) is 1. The molecule has 1 N–H and O–H groups in total. The molecule has 0 radical (unpaired) electrons. The van der Waals surface area contributed by atoms with Gasteiger partial charge in [-0.25, -0.2) is 14.4 Å². The number of nitriles is 1. The van der Waals surface area contributed by atoms with E-state index in [1.807, 2.05) is 6.07 Å². The number of nitrogens with one attached hydrogen (secondary N) is 1. The third-order valence-electron chi connectivity index (χ3n) is 2.94. The largest absolute Gasteiger partial charge is 0.456 e. The summed E-state index contributed by atoms with van der Waals surface area (Å²) in [6.07, 6.45) is 3.77. The number of rotatable bonds is 6. The van der Waals surface area contributed by atoms with Gasteiger partial charge in [-0.1, -0.05) is 6.58 Å². The highest BCUT2D eigenvalue weighted by Crippen LogP contribution is 2.22. The van der Waals surface area contributed by atoms with Gasteiger partial charge in [0.1, 0.15) is 34.9 Å². The average molecular weight is 353 g/mol. The fourth-order valence-corrected chi connectivity index (χ4v) is 1.93. The number of hydrogen-bond donors (Lipinski definition) is 1. The van der Waals surface area contributed by atoms with Crippen LogP contribution in [0, 0.1) is 18.3 Å². The number of pyridine rings is 2. The molecular formula is C18H16FN5O2. The maximum atomic E-state index is 12.8. The van der Waals surface area contributed by atoms with Crippen molar-refractivity contribution >= 4 is 12.6 Å². The third-order valence-corrected chi connectivity index (χ3v) is 2.94. The first-order chi connectivity index (χ1) is 12.4. The number of nitrogens with zero attached hydrogens (tertiary/aromatic N) is 4. The molecule has 0 unspecified atom stereocenters. The fourth-order valence-electron chi connectivity index (χ4n) is 1.93. The molecule has 2 aromatic rings. The van der Waals surface area contributed by atoms with Crippen LogP contribution in [0.4, 0.5) is 4.39 Å². The molecule has 8 heteroatoms. The first kappa shape index (κ1) is 18.5. The minimum absolute atomic E-state index is 0. The van der Waals surface area contributed by atoms with Crippen molar-refractivity contribution in [1.29, 1.82) is 5.26 Å². The second-order valence-electron chi connectivity index (χ2n) is 5.04. The summed E-state index contributed by atoms with van der Waals surface area (Å²) >= 11 is 0. The van der Waals surface area contributed by atoms with Gasteiger partial charge in [0.2, 0.25) is 0 Å². The van der Waals surface area contributed by atoms with Crippen LogP contribution in [-0.2, 0) is 0 Å². The highest BCUT2D eigenvalue weighted by atomic mass is 19.1. The zero-order chi connectivity index (χ0) is 19.1. The van der Waals surface area contributed by atoms with Crippen molar-refractivity contribution < 1.29 is 15.3 Å². The molecule has 26 heavy (non-hydrogen) atoms. The van der Waals surface area contributed by atoms with Gasteiger partial charge in [0, 0.05) is 37.6 Å². The number of carbonyl (C=O) groups excluding carboxylic acids is 1. The van der Waals surface area contributed by atoms with Gasteiger partial charge < -0.3 is 10.1 Å². The van der Waals surface area contributed by atoms with Crippen molar-refractivity contribution in [3.8, 4) is 17.6 Å². The summed E-state index contributed by atoms with van der Waals surface area (Å²) in [5.41, 5.74) is 0.886. The Hall–Kier alpha value is -3.86. The lowest BCUT2D eigenvalue weighted by Gasteiger charge is -2.09. The van der Waals surface area contributed by atoms with Gasteiger partial charge in [-0.05, 0) is 13.6 Å². The second kappa shape index (κ2) is 8.30. The molecule has 2 aromatic heterocycles. The molecule has 132 valence electrons. The molecule has 2 rings (SSSR count). The maximum absolute atomic E-state index is 12.8. The smallest absolute Gasteiger partial charge is 0.275 e. The van der Waals surface area contributed by atoms with E-state index in [1.165, 1.54) is 24.5 Å². The third kappa shape index (κ3) is 5.07. The van der Waals surface area contributed by atoms with Crippen molar-refractivity contribution in [3.05, 3.63) is 71.8 Å². The van der Waals surface area contributed by atoms with E-state index in [4.69, 9.17) is 10.00 Å². The molecular weight excluding hydrogens is 337 g/mol. The molecule has 0 atom stereocenters. The summed E-state index contributed by atoms with van der Waals surface area (Å²) in [6.45, 7) is 7.99. The Morgan fingerprint density at radius 1 is 1.42 bits per heavy atom. The van der Waals surface area contributed by atoms with Crippen LogP contribution in [-0.4, -0.2) is 22.6 Å². The minimum atomic E-state index is -0.779. The van der Waals surface area contributed by atoms with Gasteiger partial charge >= 0.3 is 0 Å². The highest BCUT2D eigenvalue weighted by Gasteiger charge is 2.12. The first-order valence-corrected chi connectivity index (χ1v) is 7.27. The van der Waals surface area contributed by atoms with Crippen LogP contribution in [0.15, 0.2) is 59.9 Å². The Labute approximate surface area is 150 Å². The Bertz CT molecular complexity index is 953. The zero-order valence-electron chi connectivity index (χ0n) is 13.9. The summed E-state index contributed by atoms with van der Waals surface area (Å²) in [6, 6.07) is 6.48. The number of aliphatic imine (C=N–C) groups is 1. The molecule has 0 fully saturated rings. The number of aryl methyl sites for hydroxylation is 1. The lowest BCUT2D eigenvalue weighted by atomic mass is 10.2. The van der Waals surface area contributed by atoms with Gasteiger partial charge in [-0.15, -0.1) is 0 Å². The van der Waals surface area contributed by atoms with Gasteiger partial charge in [0.15, 0.2) is 0 Å². The van der Waals surface area contributed by atoms with Gasteiger partial charge in [0.05, 0.1) is 11.8 Å². The number of amides is 1. The Balaban J connectivity index is 0.00000364. The molecule has 0 aliphatic heterocycles. The topological polar surface area (TPSA) is 100 Å². The van der Waals surface area contributed by atoms with E-state index >= 15 is 0 Å². The SMILES string of the molecule is C=N/C(=C\C(=C)F)NC(=O)c1cc(Oc2cncc(C#N)c2)cc(C)n1.[HH]. The van der Waals surface area contributed by atoms with Crippen molar-refractivity contribution in [2.45, 2.75) is 6.92 Å². The molecule has 7 nitrogen and oxygen atoms in total. The predicted molar refractivity (Wildman–Crippen MR) is 95.5 cm³/mol. The Kier molecular flexibility index (Phi) is 5.90. The van der Waals surface area contributed by atoms with Crippen LogP contribution in [0.5, 0.6) is 11.5 Å². The van der Waals surface area contributed by atoms with E-state index in [0.717, 1.165) is 6.08 Å². The van der Waals surface area contributed by atoms with E-state index in [-0.39, 0.29) is 12.9 Å². The van der Waals surface area contributed by atoms with Crippen LogP contribution >= 0.6 is 0 Å². The summed E-state index contributed by atoms with van der Waals surface area (Å²) < 4.78 is 18.5. The first-order valence-electron chi connectivity index (χ1n) is 7.27. The maximum Gasteiger partial charge on any atom is 0.275 e.